The van der Waals surface area contributed by atoms with Crippen molar-refractivity contribution < 1.29 is 24.1 Å². The van der Waals surface area contributed by atoms with Crippen LogP contribution in [0.1, 0.15) is 31.8 Å². The second-order valence-corrected chi connectivity index (χ2v) is 5.95. The highest BCUT2D eigenvalue weighted by Crippen LogP contribution is 2.31. The molecular formula is C18H13N3O6. The summed E-state index contributed by atoms with van der Waals surface area (Å²) in [7, 11) is 0. The average molecular weight is 367 g/mol. The van der Waals surface area contributed by atoms with Crippen molar-refractivity contribution in [2.45, 2.75) is 13.8 Å². The number of anilines is 2. The van der Waals surface area contributed by atoms with Crippen molar-refractivity contribution >= 4 is 40.4 Å². The number of nitro benzene ring substituents is 1. The average Bonchev–Trinajstić information content (AvgIpc) is 3.06. The van der Waals surface area contributed by atoms with E-state index in [9.17, 15) is 29.3 Å². The summed E-state index contributed by atoms with van der Waals surface area (Å²) in [5.74, 6) is -2.41. The predicted molar refractivity (Wildman–Crippen MR) is 94.9 cm³/mol. The molecule has 2 aliphatic heterocycles. The number of nitro groups is 1. The fourth-order valence-corrected chi connectivity index (χ4v) is 2.95. The van der Waals surface area contributed by atoms with Crippen LogP contribution in [-0.4, -0.2) is 28.3 Å². The van der Waals surface area contributed by atoms with E-state index >= 15 is 0 Å². The second kappa shape index (κ2) is 6.45. The summed E-state index contributed by atoms with van der Waals surface area (Å²) in [4.78, 5) is 54.5. The van der Waals surface area contributed by atoms with Gasteiger partial charge in [0.25, 0.3) is 29.1 Å². The number of benzene rings is 2. The van der Waals surface area contributed by atoms with Crippen LogP contribution in [-0.2, 0) is 9.59 Å². The molecule has 9 nitrogen and oxygen atoms in total. The number of nitrogens with one attached hydrogen (secondary N) is 2. The number of Topliss-reactive ketones (excluding diaryl/α,β-unsaturated/α-hetero) is 2. The van der Waals surface area contributed by atoms with Crippen molar-refractivity contribution in [1.29, 1.82) is 0 Å². The largest absolute Gasteiger partial charge is 0.318 e. The molecule has 0 aliphatic carbocycles. The maximum atomic E-state index is 11.4. The standard InChI is InChI=1S/C9H6N2O4.C9H7NO2/c1-4-6(11(14)15)3-2-5-7(4)8(12)9(13)10-5;1-5-3-2-4-6-7(5)8(11)9(12)10-6/h2-3H,1H3,(H,10,12,13);2-4H,1H3,(H,10,11,12). The minimum Gasteiger partial charge on any atom is -0.318 e. The first kappa shape index (κ1) is 17.9. The first-order chi connectivity index (χ1) is 12.7. The van der Waals surface area contributed by atoms with Crippen molar-refractivity contribution in [3.05, 3.63) is 62.7 Å². The number of aryl methyl sites for hydroxylation is 1. The van der Waals surface area contributed by atoms with Gasteiger partial charge in [0.2, 0.25) is 0 Å². The Labute approximate surface area is 152 Å². The van der Waals surface area contributed by atoms with E-state index in [1.54, 1.807) is 6.07 Å². The fourth-order valence-electron chi connectivity index (χ4n) is 2.95. The summed E-state index contributed by atoms with van der Waals surface area (Å²) >= 11 is 0. The number of ketones is 2. The highest BCUT2D eigenvalue weighted by atomic mass is 16.6. The molecule has 0 saturated carbocycles. The highest BCUT2D eigenvalue weighted by molar-refractivity contribution is 6.52. The third kappa shape index (κ3) is 2.95. The second-order valence-electron chi connectivity index (χ2n) is 5.95. The molecule has 0 bridgehead atoms. The fraction of sp³-hybridized carbons (Fsp3) is 0.111. The van der Waals surface area contributed by atoms with E-state index in [0.29, 0.717) is 16.9 Å². The molecule has 4 rings (SSSR count). The van der Waals surface area contributed by atoms with Gasteiger partial charge < -0.3 is 10.6 Å². The number of hydrogen-bond acceptors (Lipinski definition) is 6. The van der Waals surface area contributed by atoms with Crippen LogP contribution in [0, 0.1) is 24.0 Å². The molecule has 2 heterocycles. The Balaban J connectivity index is 0.000000159. The molecule has 2 aromatic carbocycles. The number of nitrogens with zero attached hydrogens (tertiary/aromatic N) is 1. The number of amides is 2. The number of carbonyl (C=O) groups is 4. The smallest absolute Gasteiger partial charge is 0.296 e. The normalized spacial score (nSPS) is 14.0. The summed E-state index contributed by atoms with van der Waals surface area (Å²) in [6.45, 7) is 3.27. The quantitative estimate of drug-likeness (QED) is 0.450. The van der Waals surface area contributed by atoms with Gasteiger partial charge in [0.1, 0.15) is 0 Å². The van der Waals surface area contributed by atoms with Crippen LogP contribution in [0.25, 0.3) is 0 Å². The molecule has 0 spiro atoms. The van der Waals surface area contributed by atoms with Crippen LogP contribution in [0.4, 0.5) is 17.1 Å². The Kier molecular flexibility index (Phi) is 4.28. The Morgan fingerprint density at radius 2 is 1.37 bits per heavy atom. The Morgan fingerprint density at radius 1 is 0.815 bits per heavy atom. The van der Waals surface area contributed by atoms with Crippen LogP contribution in [0.5, 0.6) is 0 Å². The molecule has 2 N–H and O–H groups in total. The third-order valence-electron chi connectivity index (χ3n) is 4.27. The Hall–Kier alpha value is -3.88. The van der Waals surface area contributed by atoms with Crippen molar-refractivity contribution in [2.24, 2.45) is 0 Å². The van der Waals surface area contributed by atoms with Crippen molar-refractivity contribution in [3.63, 3.8) is 0 Å². The van der Waals surface area contributed by atoms with Gasteiger partial charge in [0.05, 0.1) is 27.4 Å². The lowest BCUT2D eigenvalue weighted by atomic mass is 10.0. The van der Waals surface area contributed by atoms with Gasteiger partial charge in [0.15, 0.2) is 0 Å². The van der Waals surface area contributed by atoms with Crippen LogP contribution in [0.3, 0.4) is 0 Å². The molecule has 2 aliphatic rings. The van der Waals surface area contributed by atoms with Crippen molar-refractivity contribution in [3.8, 4) is 0 Å². The zero-order valence-corrected chi connectivity index (χ0v) is 14.3. The van der Waals surface area contributed by atoms with Crippen LogP contribution in [0.15, 0.2) is 30.3 Å². The summed E-state index contributed by atoms with van der Waals surface area (Å²) in [6, 6.07) is 7.99. The zero-order chi connectivity index (χ0) is 19.9. The molecule has 2 amide bonds. The van der Waals surface area contributed by atoms with E-state index in [1.165, 1.54) is 19.1 Å². The van der Waals surface area contributed by atoms with Gasteiger partial charge in [-0.05, 0) is 31.5 Å². The lowest BCUT2D eigenvalue weighted by molar-refractivity contribution is -0.385. The lowest BCUT2D eigenvalue weighted by Gasteiger charge is -2.01. The molecule has 0 atom stereocenters. The minimum atomic E-state index is -0.742. The monoisotopic (exact) mass is 367 g/mol. The van der Waals surface area contributed by atoms with E-state index in [-0.39, 0.29) is 16.8 Å². The van der Waals surface area contributed by atoms with E-state index in [4.69, 9.17) is 0 Å². The van der Waals surface area contributed by atoms with E-state index in [0.717, 1.165) is 5.56 Å². The number of fused-ring (bicyclic) bond motifs is 2. The van der Waals surface area contributed by atoms with Gasteiger partial charge in [-0.15, -0.1) is 0 Å². The van der Waals surface area contributed by atoms with Crippen molar-refractivity contribution in [2.75, 3.05) is 10.6 Å². The van der Waals surface area contributed by atoms with Gasteiger partial charge in [0, 0.05) is 11.6 Å². The lowest BCUT2D eigenvalue weighted by Crippen LogP contribution is -2.13. The molecule has 27 heavy (non-hydrogen) atoms. The van der Waals surface area contributed by atoms with Crippen LogP contribution < -0.4 is 10.6 Å². The number of hydrogen-bond donors (Lipinski definition) is 2. The van der Waals surface area contributed by atoms with Crippen molar-refractivity contribution in [1.82, 2.24) is 0 Å². The van der Waals surface area contributed by atoms with E-state index in [1.807, 2.05) is 19.1 Å². The SMILES string of the molecule is Cc1c([N+](=O)[O-])ccc2c1C(=O)C(=O)N2.Cc1cccc2c1C(=O)C(=O)N2. The molecule has 0 aromatic heterocycles. The Morgan fingerprint density at radius 3 is 1.93 bits per heavy atom. The molecule has 0 saturated heterocycles. The molecule has 0 fully saturated rings. The highest BCUT2D eigenvalue weighted by Gasteiger charge is 2.32. The number of rotatable bonds is 1. The topological polar surface area (TPSA) is 135 Å². The van der Waals surface area contributed by atoms with Gasteiger partial charge in [-0.1, -0.05) is 12.1 Å². The van der Waals surface area contributed by atoms with Gasteiger partial charge in [-0.3, -0.25) is 29.3 Å². The van der Waals surface area contributed by atoms with Gasteiger partial charge in [-0.2, -0.15) is 0 Å². The Bertz CT molecular complexity index is 1060. The first-order valence-electron chi connectivity index (χ1n) is 7.81. The first-order valence-corrected chi connectivity index (χ1v) is 7.81. The number of carbonyl (C=O) groups excluding carboxylic acids is 4. The predicted octanol–water partition coefficient (Wildman–Crippen LogP) is 2.17. The van der Waals surface area contributed by atoms with Gasteiger partial charge in [-0.25, -0.2) is 0 Å². The molecule has 136 valence electrons. The van der Waals surface area contributed by atoms with Gasteiger partial charge >= 0.3 is 0 Å². The molecule has 2 aromatic rings. The van der Waals surface area contributed by atoms with E-state index < -0.39 is 28.3 Å². The summed E-state index contributed by atoms with van der Waals surface area (Å²) in [6.07, 6.45) is 0. The summed E-state index contributed by atoms with van der Waals surface area (Å²) < 4.78 is 0. The molecule has 0 radical (unpaired) electrons. The summed E-state index contributed by atoms with van der Waals surface area (Å²) in [5, 5.41) is 15.4. The maximum absolute atomic E-state index is 11.4. The zero-order valence-electron chi connectivity index (χ0n) is 14.3. The summed E-state index contributed by atoms with van der Waals surface area (Å²) in [5.41, 5.74) is 2.50. The molecule has 0 unspecified atom stereocenters. The minimum absolute atomic E-state index is 0.106. The third-order valence-corrected chi connectivity index (χ3v) is 4.27. The molecule has 9 heteroatoms. The maximum Gasteiger partial charge on any atom is 0.296 e. The van der Waals surface area contributed by atoms with E-state index in [2.05, 4.69) is 10.6 Å². The van der Waals surface area contributed by atoms with Crippen LogP contribution >= 0.6 is 0 Å². The van der Waals surface area contributed by atoms with Crippen LogP contribution in [0.2, 0.25) is 0 Å². The molecular weight excluding hydrogens is 354 g/mol.